The molecule has 0 radical (unpaired) electrons. The first-order valence-electron chi connectivity index (χ1n) is 6.50. The molecular formula is C14H21N3O. The lowest BCUT2D eigenvalue weighted by Gasteiger charge is -2.37. The van der Waals surface area contributed by atoms with E-state index in [1.165, 1.54) is 12.8 Å². The summed E-state index contributed by atoms with van der Waals surface area (Å²) in [5, 5.41) is 0. The number of anilines is 1. The van der Waals surface area contributed by atoms with E-state index in [4.69, 9.17) is 11.5 Å². The minimum atomic E-state index is -0.368. The van der Waals surface area contributed by atoms with E-state index in [0.717, 1.165) is 24.2 Å². The largest absolute Gasteiger partial charge is 0.367 e. The highest BCUT2D eigenvalue weighted by atomic mass is 16.1. The van der Waals surface area contributed by atoms with Crippen LogP contribution in [0.4, 0.5) is 5.69 Å². The van der Waals surface area contributed by atoms with E-state index in [1.54, 1.807) is 0 Å². The van der Waals surface area contributed by atoms with E-state index < -0.39 is 0 Å². The molecule has 2 rings (SSSR count). The number of nitrogens with two attached hydrogens (primary N) is 2. The maximum Gasteiger partial charge on any atom is 0.248 e. The Labute approximate surface area is 108 Å². The Morgan fingerprint density at radius 2 is 2.22 bits per heavy atom. The van der Waals surface area contributed by atoms with Gasteiger partial charge in [-0.1, -0.05) is 0 Å². The Morgan fingerprint density at radius 1 is 1.44 bits per heavy atom. The zero-order chi connectivity index (χ0) is 13.1. The van der Waals surface area contributed by atoms with Crippen LogP contribution in [0.5, 0.6) is 0 Å². The molecule has 4 heteroatoms. The van der Waals surface area contributed by atoms with Gasteiger partial charge < -0.3 is 16.4 Å². The second kappa shape index (κ2) is 5.40. The van der Waals surface area contributed by atoms with E-state index >= 15 is 0 Å². The van der Waals surface area contributed by atoms with Crippen molar-refractivity contribution in [3.63, 3.8) is 0 Å². The molecule has 0 bridgehead atoms. The van der Waals surface area contributed by atoms with Crippen LogP contribution in [0.3, 0.4) is 0 Å². The molecule has 1 atom stereocenters. The summed E-state index contributed by atoms with van der Waals surface area (Å²) in [4.78, 5) is 13.6. The molecule has 1 aliphatic rings. The summed E-state index contributed by atoms with van der Waals surface area (Å²) in [6.07, 6.45) is 3.59. The molecule has 1 aliphatic heterocycles. The standard InChI is InChI=1S/C14H21N3O/c1-10-8-11(5-6-13(10)14(16)18)17-7-3-2-4-12(17)9-15/h5-6,8,12H,2-4,7,9,15H2,1H3,(H2,16,18). The highest BCUT2D eigenvalue weighted by Gasteiger charge is 2.21. The SMILES string of the molecule is Cc1cc(N2CCCCC2CN)ccc1C(N)=O. The molecule has 4 N–H and O–H groups in total. The lowest BCUT2D eigenvalue weighted by Crippen LogP contribution is -2.44. The summed E-state index contributed by atoms with van der Waals surface area (Å²) in [5.41, 5.74) is 13.8. The van der Waals surface area contributed by atoms with E-state index in [1.807, 2.05) is 25.1 Å². The molecule has 1 amide bonds. The van der Waals surface area contributed by atoms with Crippen LogP contribution in [0.15, 0.2) is 18.2 Å². The van der Waals surface area contributed by atoms with Crippen LogP contribution < -0.4 is 16.4 Å². The van der Waals surface area contributed by atoms with Gasteiger partial charge in [-0.3, -0.25) is 4.79 Å². The molecule has 0 aromatic heterocycles. The van der Waals surface area contributed by atoms with Crippen LogP contribution in [0.1, 0.15) is 35.2 Å². The van der Waals surface area contributed by atoms with Gasteiger partial charge in [-0.15, -0.1) is 0 Å². The number of benzene rings is 1. The van der Waals surface area contributed by atoms with Gasteiger partial charge in [0.2, 0.25) is 5.91 Å². The minimum Gasteiger partial charge on any atom is -0.367 e. The van der Waals surface area contributed by atoms with Crippen LogP contribution in [0.25, 0.3) is 0 Å². The highest BCUT2D eigenvalue weighted by molar-refractivity contribution is 5.94. The molecule has 1 aromatic carbocycles. The Morgan fingerprint density at radius 3 is 2.83 bits per heavy atom. The zero-order valence-electron chi connectivity index (χ0n) is 10.9. The van der Waals surface area contributed by atoms with Crippen molar-refractivity contribution in [2.75, 3.05) is 18.0 Å². The molecule has 1 fully saturated rings. The van der Waals surface area contributed by atoms with Crippen molar-refractivity contribution < 1.29 is 4.79 Å². The number of carbonyl (C=O) groups excluding carboxylic acids is 1. The molecule has 0 saturated carbocycles. The molecule has 1 heterocycles. The first kappa shape index (κ1) is 12.9. The van der Waals surface area contributed by atoms with Crippen LogP contribution in [-0.4, -0.2) is 25.0 Å². The van der Waals surface area contributed by atoms with Crippen LogP contribution >= 0.6 is 0 Å². The van der Waals surface area contributed by atoms with Crippen molar-refractivity contribution >= 4 is 11.6 Å². The fourth-order valence-corrected chi connectivity index (χ4v) is 2.69. The second-order valence-corrected chi connectivity index (χ2v) is 4.94. The van der Waals surface area contributed by atoms with Crippen molar-refractivity contribution in [3.05, 3.63) is 29.3 Å². The monoisotopic (exact) mass is 247 g/mol. The lowest BCUT2D eigenvalue weighted by molar-refractivity contribution is 0.1000. The number of nitrogens with zero attached hydrogens (tertiary/aromatic N) is 1. The van der Waals surface area contributed by atoms with E-state index in [2.05, 4.69) is 4.90 Å². The quantitative estimate of drug-likeness (QED) is 0.848. The number of amides is 1. The molecule has 1 saturated heterocycles. The Hall–Kier alpha value is -1.55. The fourth-order valence-electron chi connectivity index (χ4n) is 2.69. The van der Waals surface area contributed by atoms with Crippen LogP contribution in [0.2, 0.25) is 0 Å². The van der Waals surface area contributed by atoms with Gasteiger partial charge in [0.15, 0.2) is 0 Å². The van der Waals surface area contributed by atoms with Gasteiger partial charge in [0.25, 0.3) is 0 Å². The number of primary amides is 1. The third-order valence-electron chi connectivity index (χ3n) is 3.71. The summed E-state index contributed by atoms with van der Waals surface area (Å²) in [6, 6.07) is 6.24. The number of carbonyl (C=O) groups is 1. The fraction of sp³-hybridized carbons (Fsp3) is 0.500. The maximum absolute atomic E-state index is 11.2. The number of aryl methyl sites for hydroxylation is 1. The number of rotatable bonds is 3. The zero-order valence-corrected chi connectivity index (χ0v) is 10.9. The van der Waals surface area contributed by atoms with Crippen molar-refractivity contribution in [1.29, 1.82) is 0 Å². The smallest absolute Gasteiger partial charge is 0.248 e. The normalized spacial score (nSPS) is 19.9. The van der Waals surface area contributed by atoms with Crippen molar-refractivity contribution in [2.45, 2.75) is 32.2 Å². The van der Waals surface area contributed by atoms with Crippen molar-refractivity contribution in [3.8, 4) is 0 Å². The first-order chi connectivity index (χ1) is 8.63. The number of piperidine rings is 1. The predicted octanol–water partition coefficient (Wildman–Crippen LogP) is 1.41. The topological polar surface area (TPSA) is 72.3 Å². The van der Waals surface area contributed by atoms with Gasteiger partial charge in [-0.2, -0.15) is 0 Å². The molecule has 4 nitrogen and oxygen atoms in total. The molecule has 0 spiro atoms. The Bertz CT molecular complexity index is 445. The molecule has 1 unspecified atom stereocenters. The van der Waals surface area contributed by atoms with Crippen LogP contribution in [-0.2, 0) is 0 Å². The first-order valence-corrected chi connectivity index (χ1v) is 6.50. The van der Waals surface area contributed by atoms with Crippen LogP contribution in [0, 0.1) is 6.92 Å². The summed E-state index contributed by atoms with van der Waals surface area (Å²) in [7, 11) is 0. The second-order valence-electron chi connectivity index (χ2n) is 4.94. The third-order valence-corrected chi connectivity index (χ3v) is 3.71. The summed E-state index contributed by atoms with van der Waals surface area (Å²) < 4.78 is 0. The molecule has 18 heavy (non-hydrogen) atoms. The average molecular weight is 247 g/mol. The minimum absolute atomic E-state index is 0.368. The van der Waals surface area contributed by atoms with E-state index in [-0.39, 0.29) is 5.91 Å². The van der Waals surface area contributed by atoms with Crippen molar-refractivity contribution in [1.82, 2.24) is 0 Å². The number of hydrogen-bond donors (Lipinski definition) is 2. The van der Waals surface area contributed by atoms with Gasteiger partial charge >= 0.3 is 0 Å². The summed E-state index contributed by atoms with van der Waals surface area (Å²) >= 11 is 0. The van der Waals surface area contributed by atoms with Gasteiger partial charge in [0.05, 0.1) is 0 Å². The molecule has 98 valence electrons. The van der Waals surface area contributed by atoms with Gasteiger partial charge in [0.1, 0.15) is 0 Å². The van der Waals surface area contributed by atoms with Gasteiger partial charge in [-0.25, -0.2) is 0 Å². The van der Waals surface area contributed by atoms with Gasteiger partial charge in [-0.05, 0) is 49.9 Å². The highest BCUT2D eigenvalue weighted by Crippen LogP contribution is 2.26. The Balaban J connectivity index is 2.27. The maximum atomic E-state index is 11.2. The summed E-state index contributed by atoms with van der Waals surface area (Å²) in [5.74, 6) is -0.368. The average Bonchev–Trinajstić information content (AvgIpc) is 2.38. The Kier molecular flexibility index (Phi) is 3.87. The summed E-state index contributed by atoms with van der Waals surface area (Å²) in [6.45, 7) is 3.64. The molecule has 1 aromatic rings. The van der Waals surface area contributed by atoms with Gasteiger partial charge in [0, 0.05) is 30.4 Å². The van der Waals surface area contributed by atoms with Crippen molar-refractivity contribution in [2.24, 2.45) is 11.5 Å². The number of hydrogen-bond acceptors (Lipinski definition) is 3. The third kappa shape index (κ3) is 2.48. The van der Waals surface area contributed by atoms with E-state index in [0.29, 0.717) is 18.2 Å². The predicted molar refractivity (Wildman–Crippen MR) is 73.7 cm³/mol. The molecular weight excluding hydrogens is 226 g/mol. The van der Waals surface area contributed by atoms with E-state index in [9.17, 15) is 4.79 Å². The lowest BCUT2D eigenvalue weighted by atomic mass is 10.00. The molecule has 0 aliphatic carbocycles.